The van der Waals surface area contributed by atoms with Gasteiger partial charge in [-0.1, -0.05) is 0 Å². The standard InChI is InChI=1S/ClH.H3O4P.Sr/c;1-5(2,3)4;/h1H;(H3,1,2,3,4);/q;;+3/p-1. The normalized spacial score (nSPS) is 9.29. The summed E-state index contributed by atoms with van der Waals surface area (Å²) >= 11 is 0.622. The van der Waals surface area contributed by atoms with Crippen molar-refractivity contribution >= 4 is 54.3 Å². The zero-order chi connectivity index (χ0) is 6.50. The van der Waals surface area contributed by atoms with Crippen LogP contribution < -0.4 is 0 Å². The van der Waals surface area contributed by atoms with Gasteiger partial charge in [0.1, 0.15) is 0 Å². The van der Waals surface area contributed by atoms with Gasteiger partial charge in [0, 0.05) is 0 Å². The summed E-state index contributed by atoms with van der Waals surface area (Å²) in [6.45, 7) is 0. The van der Waals surface area contributed by atoms with Gasteiger partial charge in [0.25, 0.3) is 0 Å². The van der Waals surface area contributed by atoms with E-state index in [1.165, 1.54) is 0 Å². The summed E-state index contributed by atoms with van der Waals surface area (Å²) in [5.41, 5.74) is 0. The zero-order valence-electron chi connectivity index (χ0n) is 3.28. The van der Waals surface area contributed by atoms with Crippen molar-refractivity contribution in [2.24, 2.45) is 0 Å². The van der Waals surface area contributed by atoms with Crippen molar-refractivity contribution in [2.75, 3.05) is 0 Å². The van der Waals surface area contributed by atoms with E-state index in [2.05, 4.69) is 0 Å². The van der Waals surface area contributed by atoms with Gasteiger partial charge in [0.15, 0.2) is 0 Å². The molecule has 0 saturated carbocycles. The number of hydrogen-bond acceptors (Lipinski definition) is 1. The minimum absolute atomic E-state index is 0.622. The van der Waals surface area contributed by atoms with Gasteiger partial charge in [-0.2, -0.15) is 0 Å². The first kappa shape index (κ1) is 11.6. The summed E-state index contributed by atoms with van der Waals surface area (Å²) < 4.78 is 8.88. The van der Waals surface area contributed by atoms with Gasteiger partial charge in [-0.15, -0.1) is 0 Å². The first-order chi connectivity index (χ1) is 3.00. The van der Waals surface area contributed by atoms with Crippen LogP contribution in [0.15, 0.2) is 0 Å². The second-order valence-corrected chi connectivity index (χ2v) is 1.54. The van der Waals surface area contributed by atoms with Crippen molar-refractivity contribution in [3.05, 3.63) is 0 Å². The van der Waals surface area contributed by atoms with E-state index in [9.17, 15) is 0 Å². The molecule has 4 nitrogen and oxygen atoms in total. The Balaban J connectivity index is 0. The van der Waals surface area contributed by atoms with E-state index in [1.807, 2.05) is 0 Å². The van der Waals surface area contributed by atoms with Crippen LogP contribution in [0.25, 0.3) is 0 Å². The Bertz CT molecular complexity index is 57.8. The summed E-state index contributed by atoms with van der Waals surface area (Å²) in [6, 6.07) is 0. The molecule has 0 aliphatic carbocycles. The first-order valence-electron chi connectivity index (χ1n) is 1.05. The molecule has 0 bridgehead atoms. The molecule has 0 aromatic rings. The van der Waals surface area contributed by atoms with Crippen LogP contribution in [0.1, 0.15) is 0 Å². The van der Waals surface area contributed by atoms with E-state index < -0.39 is 7.82 Å². The molecule has 0 aliphatic heterocycles. The minimum atomic E-state index is -4.64. The van der Waals surface area contributed by atoms with Gasteiger partial charge < -0.3 is 14.7 Å². The molecular formula is H3ClO4PSr+2. The first-order valence-corrected chi connectivity index (χ1v) is 7.09. The molecule has 0 fully saturated rings. The Hall–Kier alpha value is 1.88. The third-order valence-corrected chi connectivity index (χ3v) is 0. The van der Waals surface area contributed by atoms with E-state index in [4.69, 9.17) is 24.2 Å². The zero-order valence-corrected chi connectivity index (χ0v) is 8.41. The molecule has 0 amide bonds. The quantitative estimate of drug-likeness (QED) is 0.376. The maximum absolute atomic E-state index is 8.88. The number of rotatable bonds is 0. The van der Waals surface area contributed by atoms with Crippen LogP contribution in [0.2, 0.25) is 0 Å². The van der Waals surface area contributed by atoms with Gasteiger partial charge in [-0.3, -0.25) is 0 Å². The SMILES string of the molecule is O=P(O)(O)O.[Cl][Sr+2]. The molecule has 7 radical (unpaired) electrons. The Morgan fingerprint density at radius 2 is 1.29 bits per heavy atom. The number of phosphoric acid groups is 1. The summed E-state index contributed by atoms with van der Waals surface area (Å²) in [4.78, 5) is 26.4. The van der Waals surface area contributed by atoms with E-state index in [1.54, 1.807) is 0 Å². The molecular weight excluding hydrogens is 218 g/mol. The van der Waals surface area contributed by atoms with Crippen LogP contribution >= 0.6 is 12.7 Å². The molecule has 0 heterocycles. The molecule has 7 heavy (non-hydrogen) atoms. The fourth-order valence-electron chi connectivity index (χ4n) is 0. The molecule has 0 aliphatic rings. The monoisotopic (exact) mass is 221 g/mol. The van der Waals surface area contributed by atoms with Gasteiger partial charge in [0.2, 0.25) is 0 Å². The third-order valence-electron chi connectivity index (χ3n) is 0. The predicted molar refractivity (Wildman–Crippen MR) is 25.9 cm³/mol. The van der Waals surface area contributed by atoms with Crippen LogP contribution in [0.3, 0.4) is 0 Å². The van der Waals surface area contributed by atoms with Gasteiger partial charge >= 0.3 is 54.3 Å². The summed E-state index contributed by atoms with van der Waals surface area (Å²) in [5.74, 6) is 0. The topological polar surface area (TPSA) is 77.8 Å². The molecule has 0 spiro atoms. The Labute approximate surface area is 72.4 Å². The summed E-state index contributed by atoms with van der Waals surface area (Å²) in [7, 11) is -4.64. The van der Waals surface area contributed by atoms with Crippen molar-refractivity contribution in [1.82, 2.24) is 0 Å². The van der Waals surface area contributed by atoms with E-state index >= 15 is 0 Å². The third kappa shape index (κ3) is 77.1. The van der Waals surface area contributed by atoms with Crippen LogP contribution in [-0.4, -0.2) is 56.2 Å². The van der Waals surface area contributed by atoms with Crippen LogP contribution in [0, 0.1) is 0 Å². The second kappa shape index (κ2) is 6.01. The molecule has 7 heteroatoms. The molecule has 0 aromatic carbocycles. The van der Waals surface area contributed by atoms with E-state index in [0.29, 0.717) is 41.6 Å². The average molecular weight is 221 g/mol. The maximum atomic E-state index is 8.88. The molecule has 0 atom stereocenters. The van der Waals surface area contributed by atoms with Gasteiger partial charge in [-0.25, -0.2) is 4.57 Å². The van der Waals surface area contributed by atoms with Crippen LogP contribution in [0.4, 0.5) is 0 Å². The van der Waals surface area contributed by atoms with E-state index in [-0.39, 0.29) is 0 Å². The fraction of sp³-hybridized carbons (Fsp3) is 0. The van der Waals surface area contributed by atoms with Crippen LogP contribution in [-0.2, 0) is 4.57 Å². The van der Waals surface area contributed by atoms with Crippen molar-refractivity contribution in [3.63, 3.8) is 0 Å². The van der Waals surface area contributed by atoms with Crippen molar-refractivity contribution in [1.29, 1.82) is 0 Å². The molecule has 0 unspecified atom stereocenters. The number of hydrogen-bond donors (Lipinski definition) is 3. The second-order valence-electron chi connectivity index (χ2n) is 0.513. The Morgan fingerprint density at radius 3 is 1.29 bits per heavy atom. The molecule has 0 aromatic heterocycles. The Kier molecular flexibility index (Phi) is 10.00. The van der Waals surface area contributed by atoms with Crippen LogP contribution in [0.5, 0.6) is 0 Å². The summed E-state index contributed by atoms with van der Waals surface area (Å²) in [5, 5.41) is 0. The molecule has 0 saturated heterocycles. The summed E-state index contributed by atoms with van der Waals surface area (Å²) in [6.07, 6.45) is 0. The van der Waals surface area contributed by atoms with Gasteiger partial charge in [-0.05, 0) is 0 Å². The molecule has 3 N–H and O–H groups in total. The van der Waals surface area contributed by atoms with Crippen molar-refractivity contribution in [3.8, 4) is 0 Å². The average Bonchev–Trinajstić information content (AvgIpc) is 1.36. The van der Waals surface area contributed by atoms with Crippen molar-refractivity contribution in [2.45, 2.75) is 0 Å². The predicted octanol–water partition coefficient (Wildman–Crippen LogP) is -0.620. The van der Waals surface area contributed by atoms with Crippen molar-refractivity contribution < 1.29 is 19.2 Å². The van der Waals surface area contributed by atoms with Gasteiger partial charge in [0.05, 0.1) is 0 Å². The fourth-order valence-corrected chi connectivity index (χ4v) is 0. The van der Waals surface area contributed by atoms with E-state index in [0.717, 1.165) is 0 Å². The molecule has 39 valence electrons. The Morgan fingerprint density at radius 1 is 1.29 bits per heavy atom. The molecule has 0 rings (SSSR count). The number of halogens is 1.